The van der Waals surface area contributed by atoms with Crippen molar-refractivity contribution >= 4 is 0 Å². The summed E-state index contributed by atoms with van der Waals surface area (Å²) in [6.45, 7) is 0. The highest BCUT2D eigenvalue weighted by molar-refractivity contribution is 5.42. The number of alkyl halides is 13. The Hall–Kier alpha value is -2.24. The van der Waals surface area contributed by atoms with E-state index in [1.54, 1.807) is 0 Å². The third-order valence-electron chi connectivity index (χ3n) is 3.55. The van der Waals surface area contributed by atoms with Gasteiger partial charge in [-0.1, -0.05) is 0 Å². The maximum Gasteiger partial charge on any atom is 0.460 e. The van der Waals surface area contributed by atoms with E-state index >= 15 is 0 Å². The molecular weight excluding hydrogens is 502 g/mol. The van der Waals surface area contributed by atoms with E-state index in [-0.39, 0.29) is 0 Å². The van der Waals surface area contributed by atoms with Gasteiger partial charge in [-0.3, -0.25) is 4.94 Å². The molecule has 0 aliphatic rings. The molecule has 0 amide bonds. The van der Waals surface area contributed by atoms with E-state index in [2.05, 4.69) is 0 Å². The van der Waals surface area contributed by atoms with Crippen LogP contribution in [0, 0.1) is 23.3 Å². The molecule has 1 nitrogen and oxygen atoms in total. The van der Waals surface area contributed by atoms with Crippen LogP contribution in [0.2, 0.25) is 0 Å². The maximum absolute atomic E-state index is 13.8. The first-order valence-corrected chi connectivity index (χ1v) is 6.57. The largest absolute Gasteiger partial charge is 0.460 e. The van der Waals surface area contributed by atoms with Gasteiger partial charge >= 0.3 is 35.8 Å². The molecule has 1 aromatic rings. The Morgan fingerprint density at radius 2 is 0.806 bits per heavy atom. The normalized spacial score (nSPS) is 14.8. The van der Waals surface area contributed by atoms with Crippen LogP contribution in [0.4, 0.5) is 79.2 Å². The van der Waals surface area contributed by atoms with Crippen LogP contribution < -0.4 is 4.94 Å². The Labute approximate surface area is 156 Å². The SMILES string of the molecule is FOc1c(F)c(F)c(F)c(F)c1C(F)(F)C(F)(F)C(F)(F)C(F)(F)C(F)(F)C(F)(F)F. The summed E-state index contributed by atoms with van der Waals surface area (Å²) >= 11 is 0. The van der Waals surface area contributed by atoms with Gasteiger partial charge in [0.2, 0.25) is 17.4 Å². The lowest BCUT2D eigenvalue weighted by Gasteiger charge is -2.39. The summed E-state index contributed by atoms with van der Waals surface area (Å²) in [7, 11) is 0. The Bertz CT molecular complexity index is 852. The van der Waals surface area contributed by atoms with Crippen molar-refractivity contribution in [2.24, 2.45) is 0 Å². The summed E-state index contributed by atoms with van der Waals surface area (Å²) in [5, 5.41) is 0. The summed E-state index contributed by atoms with van der Waals surface area (Å²) < 4.78 is 233. The van der Waals surface area contributed by atoms with Crippen molar-refractivity contribution in [3.63, 3.8) is 0 Å². The van der Waals surface area contributed by atoms with Gasteiger partial charge in [-0.15, -0.1) is 0 Å². The van der Waals surface area contributed by atoms with E-state index < -0.39 is 70.4 Å². The summed E-state index contributed by atoms with van der Waals surface area (Å²) in [4.78, 5) is 2.00. The van der Waals surface area contributed by atoms with E-state index in [4.69, 9.17) is 0 Å². The van der Waals surface area contributed by atoms with Crippen molar-refractivity contribution in [1.82, 2.24) is 0 Å². The first-order valence-electron chi connectivity index (χ1n) is 6.57. The van der Waals surface area contributed by atoms with Gasteiger partial charge in [0.25, 0.3) is 0 Å². The van der Waals surface area contributed by atoms with Crippen LogP contribution in [0.15, 0.2) is 0 Å². The molecular formula is C12F18O. The van der Waals surface area contributed by atoms with Gasteiger partial charge in [0, 0.05) is 4.53 Å². The van der Waals surface area contributed by atoms with E-state index in [1.165, 1.54) is 0 Å². The summed E-state index contributed by atoms with van der Waals surface area (Å²) in [6.07, 6.45) is -7.75. The van der Waals surface area contributed by atoms with Gasteiger partial charge in [0.1, 0.15) is 5.56 Å². The number of benzene rings is 1. The van der Waals surface area contributed by atoms with Crippen LogP contribution in [0.5, 0.6) is 5.75 Å². The molecule has 0 saturated heterocycles. The van der Waals surface area contributed by atoms with E-state index in [9.17, 15) is 79.2 Å². The second kappa shape index (κ2) is 7.14. The van der Waals surface area contributed by atoms with Crippen molar-refractivity contribution in [3.8, 4) is 5.75 Å². The topological polar surface area (TPSA) is 9.23 Å². The van der Waals surface area contributed by atoms with Crippen LogP contribution in [0.3, 0.4) is 0 Å². The predicted octanol–water partition coefficient (Wildman–Crippen LogP) is 6.70. The van der Waals surface area contributed by atoms with Crippen LogP contribution in [-0.2, 0) is 5.92 Å². The van der Waals surface area contributed by atoms with Crippen molar-refractivity contribution in [2.75, 3.05) is 0 Å². The Morgan fingerprint density at radius 1 is 0.452 bits per heavy atom. The average Bonchev–Trinajstić information content (AvgIpc) is 2.60. The Balaban J connectivity index is 3.94. The number of hydrogen-bond acceptors (Lipinski definition) is 1. The first-order chi connectivity index (χ1) is 13.5. The number of hydrogen-bond donors (Lipinski definition) is 0. The molecule has 0 aromatic heterocycles. The van der Waals surface area contributed by atoms with Crippen LogP contribution >= 0.6 is 0 Å². The zero-order valence-corrected chi connectivity index (χ0v) is 13.2. The quantitative estimate of drug-likeness (QED) is 0.239. The second-order valence-corrected chi connectivity index (χ2v) is 5.41. The highest BCUT2D eigenvalue weighted by Gasteiger charge is 2.91. The first kappa shape index (κ1) is 26.8. The lowest BCUT2D eigenvalue weighted by atomic mass is 9.89. The monoisotopic (exact) mass is 502 g/mol. The average molecular weight is 502 g/mol. The molecule has 0 radical (unpaired) electrons. The summed E-state index contributed by atoms with van der Waals surface area (Å²) in [5.41, 5.74) is -4.08. The molecule has 180 valence electrons. The molecule has 0 atom stereocenters. The molecule has 19 heteroatoms. The highest BCUT2D eigenvalue weighted by atomic mass is 19.4. The van der Waals surface area contributed by atoms with Gasteiger partial charge in [0.05, 0.1) is 0 Å². The standard InChI is InChI=1S/C12F18O/c13-2-1(6(31-30)5(16)4(15)3(2)14)7(17,18)8(19,20)9(21,22)10(23,24)11(25,26)12(27,28)29. The Kier molecular flexibility index (Phi) is 6.17. The molecule has 0 saturated carbocycles. The van der Waals surface area contributed by atoms with Gasteiger partial charge in [-0.05, 0) is 0 Å². The fourth-order valence-electron chi connectivity index (χ4n) is 1.89. The van der Waals surface area contributed by atoms with Gasteiger partial charge in [-0.25, -0.2) is 13.2 Å². The highest BCUT2D eigenvalue weighted by Crippen LogP contribution is 2.63. The molecule has 0 aliphatic carbocycles. The minimum absolute atomic E-state index is 2.00. The summed E-state index contributed by atoms with van der Waals surface area (Å²) in [6, 6.07) is 0. The molecule has 0 N–H and O–H groups in total. The molecule has 0 fully saturated rings. The lowest BCUT2D eigenvalue weighted by molar-refractivity contribution is -0.442. The molecule has 0 unspecified atom stereocenters. The minimum Gasteiger partial charge on any atom is -0.290 e. The van der Waals surface area contributed by atoms with Crippen molar-refractivity contribution in [3.05, 3.63) is 28.8 Å². The molecule has 1 rings (SSSR count). The zero-order valence-electron chi connectivity index (χ0n) is 13.2. The van der Waals surface area contributed by atoms with Crippen LogP contribution in [0.25, 0.3) is 0 Å². The lowest BCUT2D eigenvalue weighted by Crippen LogP contribution is -2.69. The van der Waals surface area contributed by atoms with Crippen molar-refractivity contribution < 1.29 is 84.1 Å². The van der Waals surface area contributed by atoms with Crippen LogP contribution in [0.1, 0.15) is 5.56 Å². The van der Waals surface area contributed by atoms with Gasteiger partial charge < -0.3 is 0 Å². The third-order valence-corrected chi connectivity index (χ3v) is 3.55. The molecule has 1 aromatic carbocycles. The molecule has 0 heterocycles. The third kappa shape index (κ3) is 3.30. The summed E-state index contributed by atoms with van der Waals surface area (Å²) in [5.74, 6) is -58.6. The molecule has 31 heavy (non-hydrogen) atoms. The second-order valence-electron chi connectivity index (χ2n) is 5.41. The smallest absolute Gasteiger partial charge is 0.290 e. The van der Waals surface area contributed by atoms with Gasteiger partial charge in [0.15, 0.2) is 11.6 Å². The fourth-order valence-corrected chi connectivity index (χ4v) is 1.89. The van der Waals surface area contributed by atoms with Crippen molar-refractivity contribution in [2.45, 2.75) is 35.8 Å². The van der Waals surface area contributed by atoms with Gasteiger partial charge in [-0.2, -0.15) is 61.5 Å². The zero-order chi connectivity index (χ0) is 25.2. The molecule has 0 spiro atoms. The molecule has 0 aliphatic heterocycles. The molecule has 0 bridgehead atoms. The maximum atomic E-state index is 13.8. The Morgan fingerprint density at radius 3 is 1.16 bits per heavy atom. The van der Waals surface area contributed by atoms with Crippen LogP contribution in [-0.4, -0.2) is 29.9 Å². The van der Waals surface area contributed by atoms with E-state index in [1.807, 2.05) is 4.94 Å². The van der Waals surface area contributed by atoms with E-state index in [0.717, 1.165) is 0 Å². The minimum atomic E-state index is -8.48. The van der Waals surface area contributed by atoms with E-state index in [0.29, 0.717) is 0 Å². The fraction of sp³-hybridized carbons (Fsp3) is 0.500. The predicted molar refractivity (Wildman–Crippen MR) is 57.7 cm³/mol. The van der Waals surface area contributed by atoms with Crippen molar-refractivity contribution in [1.29, 1.82) is 0 Å². The number of rotatable bonds is 6. The number of halogens is 18.